The number of rotatable bonds is 2. The summed E-state index contributed by atoms with van der Waals surface area (Å²) in [6.07, 6.45) is 4.14. The molecule has 1 saturated carbocycles. The molecule has 122 valence electrons. The summed E-state index contributed by atoms with van der Waals surface area (Å²) in [6, 6.07) is 3.37. The second kappa shape index (κ2) is 5.24. The molecule has 1 aliphatic carbocycles. The van der Waals surface area contributed by atoms with Gasteiger partial charge in [-0.1, -0.05) is 0 Å². The van der Waals surface area contributed by atoms with Gasteiger partial charge in [-0.25, -0.2) is 0 Å². The first-order valence-corrected chi connectivity index (χ1v) is 7.85. The Morgan fingerprint density at radius 1 is 1.43 bits per heavy atom. The zero-order valence-corrected chi connectivity index (χ0v) is 12.9. The molecule has 2 aromatic rings. The Kier molecular flexibility index (Phi) is 3.31. The standard InChI is InChI=1S/C15H19N5O3/c1-23-15-5-4-11(21)8-12(15)19(7-6-15)14(22)10-2-3-13-16-17-18-20(13)9-10/h2-3,9,11-12,21H,4-8H2,1H3/t11-,12+,15-/m0/s1. The Hall–Kier alpha value is -2.06. The van der Waals surface area contributed by atoms with Crippen molar-refractivity contribution in [1.29, 1.82) is 0 Å². The van der Waals surface area contributed by atoms with Gasteiger partial charge in [-0.15, -0.1) is 5.10 Å². The smallest absolute Gasteiger partial charge is 0.255 e. The normalized spacial score (nSPS) is 30.6. The van der Waals surface area contributed by atoms with Gasteiger partial charge >= 0.3 is 0 Å². The molecule has 4 rings (SSSR count). The Labute approximate surface area is 133 Å². The maximum absolute atomic E-state index is 12.9. The largest absolute Gasteiger partial charge is 0.393 e. The van der Waals surface area contributed by atoms with Gasteiger partial charge in [0.25, 0.3) is 5.91 Å². The van der Waals surface area contributed by atoms with Crippen LogP contribution in [0.5, 0.6) is 0 Å². The van der Waals surface area contributed by atoms with Crippen molar-refractivity contribution in [3.63, 3.8) is 0 Å². The second-order valence-corrected chi connectivity index (χ2v) is 6.36. The summed E-state index contributed by atoms with van der Waals surface area (Å²) in [7, 11) is 1.70. The van der Waals surface area contributed by atoms with Gasteiger partial charge in [0.1, 0.15) is 0 Å². The summed E-state index contributed by atoms with van der Waals surface area (Å²) < 4.78 is 7.27. The topological polar surface area (TPSA) is 92.9 Å². The van der Waals surface area contributed by atoms with Gasteiger partial charge in [-0.3, -0.25) is 4.79 Å². The van der Waals surface area contributed by atoms with Crippen molar-refractivity contribution in [1.82, 2.24) is 24.9 Å². The summed E-state index contributed by atoms with van der Waals surface area (Å²) in [5.41, 5.74) is 0.812. The molecule has 0 aromatic carbocycles. The minimum Gasteiger partial charge on any atom is -0.393 e. The van der Waals surface area contributed by atoms with Crippen LogP contribution in [0.15, 0.2) is 18.3 Å². The molecule has 1 aliphatic heterocycles. The predicted octanol–water partition coefficient (Wildman–Crippen LogP) is 0.269. The lowest BCUT2D eigenvalue weighted by Crippen LogP contribution is -2.52. The molecule has 8 nitrogen and oxygen atoms in total. The van der Waals surface area contributed by atoms with Crippen molar-refractivity contribution in [3.05, 3.63) is 23.9 Å². The van der Waals surface area contributed by atoms with Gasteiger partial charge in [0.15, 0.2) is 5.65 Å². The molecule has 3 heterocycles. The van der Waals surface area contributed by atoms with Crippen molar-refractivity contribution in [2.75, 3.05) is 13.7 Å². The number of hydrogen-bond acceptors (Lipinski definition) is 6. The molecule has 2 aliphatic rings. The third-order valence-corrected chi connectivity index (χ3v) is 5.26. The third-order valence-electron chi connectivity index (χ3n) is 5.26. The number of tetrazole rings is 1. The zero-order valence-electron chi connectivity index (χ0n) is 12.9. The number of carbonyl (C=O) groups is 1. The number of ether oxygens (including phenoxy) is 1. The molecule has 0 unspecified atom stereocenters. The van der Waals surface area contributed by atoms with E-state index in [-0.39, 0.29) is 23.7 Å². The van der Waals surface area contributed by atoms with Gasteiger partial charge in [0.2, 0.25) is 0 Å². The fourth-order valence-electron chi connectivity index (χ4n) is 3.95. The van der Waals surface area contributed by atoms with E-state index in [0.29, 0.717) is 24.2 Å². The van der Waals surface area contributed by atoms with Crippen molar-refractivity contribution >= 4 is 11.6 Å². The highest BCUT2D eigenvalue weighted by Crippen LogP contribution is 2.42. The van der Waals surface area contributed by atoms with E-state index in [1.807, 2.05) is 4.90 Å². The molecule has 1 N–H and O–H groups in total. The minimum atomic E-state index is -0.376. The van der Waals surface area contributed by atoms with Crippen LogP contribution in [-0.4, -0.2) is 67.4 Å². The number of aliphatic hydroxyl groups is 1. The maximum atomic E-state index is 12.9. The average molecular weight is 317 g/mol. The predicted molar refractivity (Wildman–Crippen MR) is 79.8 cm³/mol. The number of hydrogen-bond donors (Lipinski definition) is 1. The van der Waals surface area contributed by atoms with E-state index in [2.05, 4.69) is 15.5 Å². The first-order valence-electron chi connectivity index (χ1n) is 7.85. The second-order valence-electron chi connectivity index (χ2n) is 6.36. The SMILES string of the molecule is CO[C@]12CC[C@H](O)C[C@H]1N(C(=O)c1ccc3nnnn3c1)CC2. The number of methoxy groups -OCH3 is 1. The van der Waals surface area contributed by atoms with Crippen molar-refractivity contribution in [2.24, 2.45) is 0 Å². The number of likely N-dealkylation sites (tertiary alicyclic amines) is 1. The zero-order chi connectivity index (χ0) is 16.0. The van der Waals surface area contributed by atoms with Crippen molar-refractivity contribution in [3.8, 4) is 0 Å². The summed E-state index contributed by atoms with van der Waals surface area (Å²) in [5.74, 6) is -0.0691. The average Bonchev–Trinajstić information content (AvgIpc) is 3.18. The van der Waals surface area contributed by atoms with Gasteiger partial charge in [0.05, 0.1) is 23.3 Å². The van der Waals surface area contributed by atoms with Crippen LogP contribution in [0.3, 0.4) is 0 Å². The van der Waals surface area contributed by atoms with E-state index in [4.69, 9.17) is 4.74 Å². The molecule has 3 atom stereocenters. The first-order chi connectivity index (χ1) is 11.1. The lowest BCUT2D eigenvalue weighted by Gasteiger charge is -2.42. The van der Waals surface area contributed by atoms with Crippen LogP contribution in [0.25, 0.3) is 5.65 Å². The number of fused-ring (bicyclic) bond motifs is 2. The van der Waals surface area contributed by atoms with Gasteiger partial charge in [0, 0.05) is 19.9 Å². The van der Waals surface area contributed by atoms with Crippen LogP contribution in [-0.2, 0) is 4.74 Å². The molecule has 2 aromatic heterocycles. The number of pyridine rings is 1. The molecule has 0 bridgehead atoms. The molecule has 23 heavy (non-hydrogen) atoms. The Morgan fingerprint density at radius 2 is 2.30 bits per heavy atom. The number of nitrogens with zero attached hydrogens (tertiary/aromatic N) is 5. The van der Waals surface area contributed by atoms with Crippen LogP contribution in [0.1, 0.15) is 36.0 Å². The molecule has 2 fully saturated rings. The van der Waals surface area contributed by atoms with Gasteiger partial charge in [-0.05, 0) is 48.2 Å². The first kappa shape index (κ1) is 14.5. The van der Waals surface area contributed by atoms with Crippen LogP contribution < -0.4 is 0 Å². The lowest BCUT2D eigenvalue weighted by atomic mass is 9.79. The molecule has 8 heteroatoms. The van der Waals surface area contributed by atoms with Crippen LogP contribution in [0, 0.1) is 0 Å². The fraction of sp³-hybridized carbons (Fsp3) is 0.600. The van der Waals surface area contributed by atoms with Crippen molar-refractivity contribution in [2.45, 2.75) is 43.4 Å². The summed E-state index contributed by atoms with van der Waals surface area (Å²) in [5, 5.41) is 21.3. The molecule has 0 radical (unpaired) electrons. The summed E-state index contributed by atoms with van der Waals surface area (Å²) in [6.45, 7) is 0.637. The Bertz CT molecular complexity index is 748. The number of aliphatic hydroxyl groups excluding tert-OH is 1. The fourth-order valence-corrected chi connectivity index (χ4v) is 3.95. The third kappa shape index (κ3) is 2.21. The highest BCUT2D eigenvalue weighted by molar-refractivity contribution is 5.94. The van der Waals surface area contributed by atoms with E-state index in [0.717, 1.165) is 19.3 Å². The van der Waals surface area contributed by atoms with Crippen LogP contribution in [0.2, 0.25) is 0 Å². The van der Waals surface area contributed by atoms with E-state index in [9.17, 15) is 9.90 Å². The van der Waals surface area contributed by atoms with E-state index in [1.54, 1.807) is 25.4 Å². The highest BCUT2D eigenvalue weighted by Gasteiger charge is 2.52. The lowest BCUT2D eigenvalue weighted by molar-refractivity contribution is -0.0824. The highest BCUT2D eigenvalue weighted by atomic mass is 16.5. The van der Waals surface area contributed by atoms with E-state index in [1.165, 1.54) is 4.52 Å². The van der Waals surface area contributed by atoms with Crippen molar-refractivity contribution < 1.29 is 14.6 Å². The molecule has 0 spiro atoms. The summed E-state index contributed by atoms with van der Waals surface area (Å²) >= 11 is 0. The Balaban J connectivity index is 1.65. The van der Waals surface area contributed by atoms with E-state index >= 15 is 0 Å². The van der Waals surface area contributed by atoms with E-state index < -0.39 is 0 Å². The van der Waals surface area contributed by atoms with Crippen LogP contribution in [0.4, 0.5) is 0 Å². The molecule has 1 saturated heterocycles. The molecular formula is C15H19N5O3. The van der Waals surface area contributed by atoms with Gasteiger partial charge < -0.3 is 14.7 Å². The minimum absolute atomic E-state index is 0.0691. The number of amides is 1. The quantitative estimate of drug-likeness (QED) is 0.854. The molecule has 1 amide bonds. The monoisotopic (exact) mass is 317 g/mol. The van der Waals surface area contributed by atoms with Gasteiger partial charge in [-0.2, -0.15) is 4.52 Å². The maximum Gasteiger partial charge on any atom is 0.255 e. The summed E-state index contributed by atoms with van der Waals surface area (Å²) in [4.78, 5) is 14.8. The number of aromatic nitrogens is 4. The number of carbonyl (C=O) groups excluding carboxylic acids is 1. The molecular weight excluding hydrogens is 298 g/mol. The Morgan fingerprint density at radius 3 is 3.13 bits per heavy atom. The van der Waals surface area contributed by atoms with Crippen LogP contribution >= 0.6 is 0 Å².